The van der Waals surface area contributed by atoms with Crippen LogP contribution in [0.4, 0.5) is 23.2 Å². The van der Waals surface area contributed by atoms with E-state index >= 15 is 0 Å². The van der Waals surface area contributed by atoms with Gasteiger partial charge in [-0.25, -0.2) is 27.3 Å². The number of rotatable bonds is 5. The van der Waals surface area contributed by atoms with Gasteiger partial charge in [-0.1, -0.05) is 0 Å². The van der Waals surface area contributed by atoms with Crippen molar-refractivity contribution in [1.82, 2.24) is 9.55 Å². The van der Waals surface area contributed by atoms with Gasteiger partial charge in [0.2, 0.25) is 0 Å². The van der Waals surface area contributed by atoms with Crippen LogP contribution < -0.4 is 4.90 Å². The molecular formula is C18H13F4N3O2. The number of benzene rings is 2. The number of aromatic nitrogens is 2. The number of carboxylic acids is 1. The molecule has 0 fully saturated rings. The molecule has 140 valence electrons. The van der Waals surface area contributed by atoms with Crippen molar-refractivity contribution in [3.05, 3.63) is 77.4 Å². The Morgan fingerprint density at radius 3 is 2.33 bits per heavy atom. The Balaban J connectivity index is 2.04. The average Bonchev–Trinajstić information content (AvgIpc) is 3.03. The van der Waals surface area contributed by atoms with Crippen molar-refractivity contribution < 1.29 is 27.5 Å². The number of halogens is 4. The first-order valence-corrected chi connectivity index (χ1v) is 7.70. The Morgan fingerprint density at radius 1 is 1.07 bits per heavy atom. The topological polar surface area (TPSA) is 58.4 Å². The minimum Gasteiger partial charge on any atom is -0.477 e. The highest BCUT2D eigenvalue weighted by Gasteiger charge is 2.22. The van der Waals surface area contributed by atoms with E-state index in [9.17, 15) is 27.5 Å². The number of hydrogen-bond acceptors (Lipinski definition) is 3. The first-order valence-electron chi connectivity index (χ1n) is 7.70. The zero-order valence-corrected chi connectivity index (χ0v) is 14.0. The quantitative estimate of drug-likeness (QED) is 0.542. The molecule has 3 rings (SSSR count). The Bertz CT molecular complexity index is 1000. The number of nitrogens with zero attached hydrogens (tertiary/aromatic N) is 3. The minimum atomic E-state index is -1.36. The zero-order valence-electron chi connectivity index (χ0n) is 14.0. The van der Waals surface area contributed by atoms with Crippen LogP contribution in [-0.4, -0.2) is 27.7 Å². The highest BCUT2D eigenvalue weighted by molar-refractivity contribution is 5.86. The average molecular weight is 379 g/mol. The van der Waals surface area contributed by atoms with E-state index in [1.165, 1.54) is 23.7 Å². The molecule has 2 aromatic carbocycles. The molecule has 0 unspecified atom stereocenters. The second kappa shape index (κ2) is 7.10. The summed E-state index contributed by atoms with van der Waals surface area (Å²) in [5.74, 6) is -5.25. The Labute approximate surface area is 151 Å². The molecule has 0 saturated carbocycles. The van der Waals surface area contributed by atoms with Gasteiger partial charge >= 0.3 is 5.97 Å². The lowest BCUT2D eigenvalue weighted by Crippen LogP contribution is -2.23. The Kier molecular flexibility index (Phi) is 4.85. The van der Waals surface area contributed by atoms with Crippen molar-refractivity contribution in [1.29, 1.82) is 0 Å². The number of hydrogen-bond donors (Lipinski definition) is 1. The minimum absolute atomic E-state index is 0.115. The molecule has 9 heteroatoms. The molecular weight excluding hydrogens is 366 g/mol. The van der Waals surface area contributed by atoms with Gasteiger partial charge < -0.3 is 10.0 Å². The van der Waals surface area contributed by atoms with Crippen molar-refractivity contribution in [2.45, 2.75) is 6.54 Å². The fourth-order valence-electron chi connectivity index (χ4n) is 2.69. The smallest absolute Gasteiger partial charge is 0.354 e. The molecule has 27 heavy (non-hydrogen) atoms. The lowest BCUT2D eigenvalue weighted by molar-refractivity contribution is 0.0688. The number of carbonyl (C=O) groups is 1. The predicted octanol–water partition coefficient (Wildman–Crippen LogP) is 3.76. The molecule has 0 amide bonds. The van der Waals surface area contributed by atoms with Crippen LogP contribution in [0.5, 0.6) is 0 Å². The fourth-order valence-corrected chi connectivity index (χ4v) is 2.69. The molecule has 0 aliphatic heterocycles. The van der Waals surface area contributed by atoms with Crippen molar-refractivity contribution in [2.75, 3.05) is 11.9 Å². The molecule has 0 aliphatic rings. The van der Waals surface area contributed by atoms with Crippen LogP contribution in [0, 0.1) is 23.3 Å². The second-order valence-electron chi connectivity index (χ2n) is 5.72. The van der Waals surface area contributed by atoms with Crippen LogP contribution in [0.1, 0.15) is 16.3 Å². The molecule has 3 aromatic rings. The number of carboxylic acid groups (broad SMARTS) is 1. The van der Waals surface area contributed by atoms with Crippen molar-refractivity contribution >= 4 is 11.7 Å². The van der Waals surface area contributed by atoms with Crippen LogP contribution in [-0.2, 0) is 6.54 Å². The summed E-state index contributed by atoms with van der Waals surface area (Å²) in [6.45, 7) is -0.234. The van der Waals surface area contributed by atoms with Gasteiger partial charge in [0.1, 0.15) is 23.1 Å². The molecule has 0 radical (unpaired) electrons. The first kappa shape index (κ1) is 18.4. The van der Waals surface area contributed by atoms with Gasteiger partial charge in [0, 0.05) is 12.7 Å². The van der Waals surface area contributed by atoms with Crippen LogP contribution in [0.3, 0.4) is 0 Å². The standard InChI is InChI=1S/C18H13F4N3O2/c1-24(17-13(21)7-6-12(20)16(17)22)9-15-23-8-14(18(26)27)25(15)11-4-2-10(19)3-5-11/h2-8H,9H2,1H3,(H,26,27). The van der Waals surface area contributed by atoms with E-state index in [-0.39, 0.29) is 18.1 Å². The van der Waals surface area contributed by atoms with E-state index < -0.39 is 34.9 Å². The summed E-state index contributed by atoms with van der Waals surface area (Å²) in [6.07, 6.45) is 1.08. The van der Waals surface area contributed by atoms with Crippen molar-refractivity contribution in [3.63, 3.8) is 0 Å². The maximum atomic E-state index is 14.0. The van der Waals surface area contributed by atoms with Gasteiger partial charge in [0.05, 0.1) is 12.7 Å². The Morgan fingerprint density at radius 2 is 1.70 bits per heavy atom. The van der Waals surface area contributed by atoms with Crippen LogP contribution in [0.15, 0.2) is 42.6 Å². The third-order valence-electron chi connectivity index (χ3n) is 3.92. The maximum absolute atomic E-state index is 14.0. The SMILES string of the molecule is CN(Cc1ncc(C(=O)O)n1-c1ccc(F)cc1)c1c(F)ccc(F)c1F. The summed E-state index contributed by atoms with van der Waals surface area (Å²) in [5, 5.41) is 9.35. The number of imidazole rings is 1. The zero-order chi connectivity index (χ0) is 19.7. The van der Waals surface area contributed by atoms with Gasteiger partial charge in [-0.2, -0.15) is 0 Å². The molecule has 0 atom stereocenters. The molecule has 1 heterocycles. The summed E-state index contributed by atoms with van der Waals surface area (Å²) in [5.41, 5.74) is -0.527. The van der Waals surface area contributed by atoms with Gasteiger partial charge in [-0.3, -0.25) is 4.57 Å². The first-order chi connectivity index (χ1) is 12.8. The summed E-state index contributed by atoms with van der Waals surface area (Å²) < 4.78 is 55.8. The number of anilines is 1. The summed E-state index contributed by atoms with van der Waals surface area (Å²) in [7, 11) is 1.31. The largest absolute Gasteiger partial charge is 0.477 e. The third kappa shape index (κ3) is 3.48. The number of aromatic carboxylic acids is 1. The molecule has 0 spiro atoms. The maximum Gasteiger partial charge on any atom is 0.354 e. The summed E-state index contributed by atoms with van der Waals surface area (Å²) in [6, 6.07) is 6.43. The van der Waals surface area contributed by atoms with Crippen LogP contribution in [0.2, 0.25) is 0 Å². The van der Waals surface area contributed by atoms with E-state index in [1.807, 2.05) is 0 Å². The van der Waals surface area contributed by atoms with E-state index in [4.69, 9.17) is 0 Å². The van der Waals surface area contributed by atoms with E-state index in [1.54, 1.807) is 0 Å². The monoisotopic (exact) mass is 379 g/mol. The Hall–Kier alpha value is -3.36. The second-order valence-corrected chi connectivity index (χ2v) is 5.72. The molecule has 0 bridgehead atoms. The van der Waals surface area contributed by atoms with E-state index in [0.717, 1.165) is 29.3 Å². The summed E-state index contributed by atoms with van der Waals surface area (Å²) in [4.78, 5) is 16.5. The van der Waals surface area contributed by atoms with Crippen LogP contribution in [0.25, 0.3) is 5.69 Å². The van der Waals surface area contributed by atoms with Gasteiger partial charge in [0.15, 0.2) is 17.3 Å². The van der Waals surface area contributed by atoms with Crippen LogP contribution >= 0.6 is 0 Å². The highest BCUT2D eigenvalue weighted by Crippen LogP contribution is 2.26. The van der Waals surface area contributed by atoms with E-state index in [2.05, 4.69) is 4.98 Å². The molecule has 1 aromatic heterocycles. The van der Waals surface area contributed by atoms with Gasteiger partial charge in [-0.05, 0) is 36.4 Å². The van der Waals surface area contributed by atoms with Gasteiger partial charge in [-0.15, -0.1) is 0 Å². The normalized spacial score (nSPS) is 10.9. The molecule has 5 nitrogen and oxygen atoms in total. The highest BCUT2D eigenvalue weighted by atomic mass is 19.2. The lowest BCUT2D eigenvalue weighted by atomic mass is 10.2. The van der Waals surface area contributed by atoms with Gasteiger partial charge in [0.25, 0.3) is 0 Å². The van der Waals surface area contributed by atoms with Crippen molar-refractivity contribution in [3.8, 4) is 5.69 Å². The third-order valence-corrected chi connectivity index (χ3v) is 3.92. The lowest BCUT2D eigenvalue weighted by Gasteiger charge is -2.21. The predicted molar refractivity (Wildman–Crippen MR) is 88.9 cm³/mol. The fraction of sp³-hybridized carbons (Fsp3) is 0.111. The molecule has 0 aliphatic carbocycles. The summed E-state index contributed by atoms with van der Waals surface area (Å²) >= 11 is 0. The molecule has 0 saturated heterocycles. The van der Waals surface area contributed by atoms with E-state index in [0.29, 0.717) is 11.8 Å². The van der Waals surface area contributed by atoms with Crippen molar-refractivity contribution in [2.24, 2.45) is 0 Å². The molecule has 1 N–H and O–H groups in total.